The average Bonchev–Trinajstić information content (AvgIpc) is 1.85. The Morgan fingerprint density at radius 2 is 2.38 bits per heavy atom. The number of hydrogen-bond acceptors (Lipinski definition) is 2. The van der Waals surface area contributed by atoms with Gasteiger partial charge in [-0.15, -0.1) is 0 Å². The molecule has 1 fully saturated rings. The number of rotatable bonds is 0. The second kappa shape index (κ2) is 1.65. The maximum absolute atomic E-state index is 10.3. The van der Waals surface area contributed by atoms with E-state index in [9.17, 15) is 4.79 Å². The van der Waals surface area contributed by atoms with Gasteiger partial charge in [0.15, 0.2) is 0 Å². The zero-order valence-electron chi connectivity index (χ0n) is 4.97. The standard InChI is InChI=1S/C5H9NO2.2H2/c1-3-4(2)8-5(7)6-3;;/h3-4H,1-2H3,(H,6,7);2*1H. The SMILES string of the molecule is CC1NC(=O)OC1C.[HH].[HH]. The molecule has 0 aromatic rings. The highest BCUT2D eigenvalue weighted by atomic mass is 16.6. The molecule has 0 aromatic carbocycles. The lowest BCUT2D eigenvalue weighted by Crippen LogP contribution is -2.25. The highest BCUT2D eigenvalue weighted by Gasteiger charge is 2.25. The first-order chi connectivity index (χ1) is 3.70. The van der Waals surface area contributed by atoms with Gasteiger partial charge in [0.25, 0.3) is 0 Å². The molecule has 1 N–H and O–H groups in total. The first kappa shape index (κ1) is 5.41. The summed E-state index contributed by atoms with van der Waals surface area (Å²) in [4.78, 5) is 10.3. The lowest BCUT2D eigenvalue weighted by atomic mass is 10.2. The maximum Gasteiger partial charge on any atom is 0.407 e. The summed E-state index contributed by atoms with van der Waals surface area (Å²) in [5, 5.41) is 2.61. The van der Waals surface area contributed by atoms with Gasteiger partial charge in [-0.05, 0) is 13.8 Å². The Bertz CT molecular complexity index is 108. The molecule has 1 aliphatic rings. The Balaban J connectivity index is 0. The molecule has 2 atom stereocenters. The van der Waals surface area contributed by atoms with Gasteiger partial charge in [0.1, 0.15) is 6.10 Å². The molecule has 3 heteroatoms. The Kier molecular flexibility index (Phi) is 1.12. The lowest BCUT2D eigenvalue weighted by molar-refractivity contribution is 0.142. The Morgan fingerprint density at radius 3 is 2.50 bits per heavy atom. The predicted octanol–water partition coefficient (Wildman–Crippen LogP) is 0.995. The summed E-state index contributed by atoms with van der Waals surface area (Å²) in [7, 11) is 0. The fraction of sp³-hybridized carbons (Fsp3) is 0.800. The van der Waals surface area contributed by atoms with Gasteiger partial charge in [-0.25, -0.2) is 4.79 Å². The van der Waals surface area contributed by atoms with Crippen molar-refractivity contribution in [2.75, 3.05) is 0 Å². The lowest BCUT2D eigenvalue weighted by Gasteiger charge is -2.02. The van der Waals surface area contributed by atoms with Crippen molar-refractivity contribution >= 4 is 6.09 Å². The first-order valence-electron chi connectivity index (χ1n) is 2.67. The van der Waals surface area contributed by atoms with Crippen LogP contribution in [0.25, 0.3) is 0 Å². The minimum absolute atomic E-state index is 0. The van der Waals surface area contributed by atoms with E-state index < -0.39 is 0 Å². The third-order valence-electron chi connectivity index (χ3n) is 1.34. The van der Waals surface area contributed by atoms with Gasteiger partial charge in [-0.1, -0.05) is 0 Å². The molecular formula is C5H13NO2. The smallest absolute Gasteiger partial charge is 0.407 e. The van der Waals surface area contributed by atoms with E-state index in [0.717, 1.165) is 0 Å². The van der Waals surface area contributed by atoms with Crippen molar-refractivity contribution in [3.05, 3.63) is 0 Å². The van der Waals surface area contributed by atoms with Crippen LogP contribution in [0.3, 0.4) is 0 Å². The molecule has 1 heterocycles. The predicted molar refractivity (Wildman–Crippen MR) is 32.8 cm³/mol. The van der Waals surface area contributed by atoms with Crippen LogP contribution in [0.1, 0.15) is 16.7 Å². The van der Waals surface area contributed by atoms with Gasteiger partial charge >= 0.3 is 6.09 Å². The van der Waals surface area contributed by atoms with Crippen LogP contribution in [-0.2, 0) is 4.74 Å². The van der Waals surface area contributed by atoms with Gasteiger partial charge in [0.2, 0.25) is 0 Å². The van der Waals surface area contributed by atoms with E-state index in [1.54, 1.807) is 0 Å². The number of nitrogens with one attached hydrogen (secondary N) is 1. The van der Waals surface area contributed by atoms with Crippen molar-refractivity contribution < 1.29 is 12.4 Å². The topological polar surface area (TPSA) is 38.3 Å². The number of carbonyl (C=O) groups is 1. The van der Waals surface area contributed by atoms with Crippen molar-refractivity contribution in [1.82, 2.24) is 5.32 Å². The molecular weight excluding hydrogens is 106 g/mol. The molecule has 0 aliphatic carbocycles. The fourth-order valence-electron chi connectivity index (χ4n) is 0.608. The second-order valence-electron chi connectivity index (χ2n) is 2.04. The van der Waals surface area contributed by atoms with Gasteiger partial charge in [0.05, 0.1) is 6.04 Å². The van der Waals surface area contributed by atoms with Crippen LogP contribution in [0.5, 0.6) is 0 Å². The van der Waals surface area contributed by atoms with Gasteiger partial charge in [-0.3, -0.25) is 0 Å². The first-order valence-corrected chi connectivity index (χ1v) is 2.67. The molecule has 0 radical (unpaired) electrons. The monoisotopic (exact) mass is 119 g/mol. The van der Waals surface area contributed by atoms with Crippen molar-refractivity contribution in [2.45, 2.75) is 26.0 Å². The Hall–Kier alpha value is -0.730. The average molecular weight is 119 g/mol. The third kappa shape index (κ3) is 0.757. The summed E-state index contributed by atoms with van der Waals surface area (Å²) in [6, 6.07) is 0.169. The van der Waals surface area contributed by atoms with E-state index in [0.29, 0.717) is 0 Å². The van der Waals surface area contributed by atoms with Gasteiger partial charge in [0, 0.05) is 2.85 Å². The van der Waals surface area contributed by atoms with Crippen LogP contribution < -0.4 is 5.32 Å². The summed E-state index contributed by atoms with van der Waals surface area (Å²) < 4.78 is 4.72. The number of alkyl carbamates (subject to hydrolysis) is 1. The van der Waals surface area contributed by atoms with Crippen molar-refractivity contribution in [1.29, 1.82) is 0 Å². The van der Waals surface area contributed by atoms with Crippen LogP contribution in [0.2, 0.25) is 0 Å². The van der Waals surface area contributed by atoms with Gasteiger partial charge in [-0.2, -0.15) is 0 Å². The maximum atomic E-state index is 10.3. The highest BCUT2D eigenvalue weighted by molar-refractivity contribution is 5.69. The summed E-state index contributed by atoms with van der Waals surface area (Å²) >= 11 is 0. The molecule has 0 saturated carbocycles. The molecule has 0 spiro atoms. The van der Waals surface area contributed by atoms with Crippen LogP contribution in [0.15, 0.2) is 0 Å². The fourth-order valence-corrected chi connectivity index (χ4v) is 0.608. The van der Waals surface area contributed by atoms with Crippen molar-refractivity contribution in [2.24, 2.45) is 0 Å². The molecule has 50 valence electrons. The normalized spacial score (nSPS) is 36.5. The van der Waals surface area contributed by atoms with Crippen molar-refractivity contribution in [3.63, 3.8) is 0 Å². The Labute approximate surface area is 51.0 Å². The quantitative estimate of drug-likeness (QED) is 0.516. The van der Waals surface area contributed by atoms with Crippen LogP contribution >= 0.6 is 0 Å². The van der Waals surface area contributed by atoms with E-state index in [2.05, 4.69) is 5.32 Å². The molecule has 0 bridgehead atoms. The zero-order chi connectivity index (χ0) is 6.15. The van der Waals surface area contributed by atoms with Crippen molar-refractivity contribution in [3.8, 4) is 0 Å². The third-order valence-corrected chi connectivity index (χ3v) is 1.34. The molecule has 1 rings (SSSR count). The zero-order valence-corrected chi connectivity index (χ0v) is 4.97. The van der Waals surface area contributed by atoms with E-state index in [-0.39, 0.29) is 21.1 Å². The van der Waals surface area contributed by atoms with E-state index in [1.165, 1.54) is 0 Å². The Morgan fingerprint density at radius 1 is 1.75 bits per heavy atom. The molecule has 8 heavy (non-hydrogen) atoms. The second-order valence-corrected chi connectivity index (χ2v) is 2.04. The number of hydrogen-bond donors (Lipinski definition) is 1. The van der Waals surface area contributed by atoms with Crippen LogP contribution in [-0.4, -0.2) is 18.2 Å². The number of carbonyl (C=O) groups excluding carboxylic acids is 1. The number of cyclic esters (lactones) is 1. The molecule has 1 saturated heterocycles. The molecule has 1 amide bonds. The number of amides is 1. The largest absolute Gasteiger partial charge is 0.444 e. The number of ether oxygens (including phenoxy) is 1. The van der Waals surface area contributed by atoms with E-state index in [4.69, 9.17) is 4.74 Å². The minimum atomic E-state index is -0.301. The van der Waals surface area contributed by atoms with E-state index in [1.807, 2.05) is 13.8 Å². The summed E-state index contributed by atoms with van der Waals surface area (Å²) in [5.41, 5.74) is 0. The molecule has 1 aliphatic heterocycles. The molecule has 3 nitrogen and oxygen atoms in total. The molecule has 2 unspecified atom stereocenters. The minimum Gasteiger partial charge on any atom is -0.444 e. The summed E-state index contributed by atoms with van der Waals surface area (Å²) in [5.74, 6) is 0. The summed E-state index contributed by atoms with van der Waals surface area (Å²) in [6.07, 6.45) is -0.271. The van der Waals surface area contributed by atoms with Crippen LogP contribution in [0, 0.1) is 0 Å². The van der Waals surface area contributed by atoms with E-state index >= 15 is 0 Å². The molecule has 0 aromatic heterocycles. The summed E-state index contributed by atoms with van der Waals surface area (Å²) in [6.45, 7) is 3.78. The van der Waals surface area contributed by atoms with Crippen LogP contribution in [0.4, 0.5) is 4.79 Å². The highest BCUT2D eigenvalue weighted by Crippen LogP contribution is 2.05. The van der Waals surface area contributed by atoms with Gasteiger partial charge < -0.3 is 10.1 Å².